The molecule has 2 rings (SSSR count). The molecule has 5 nitrogen and oxygen atoms in total. The Hall–Kier alpha value is -1.05. The Balaban J connectivity index is 0.00000364. The van der Waals surface area contributed by atoms with Gasteiger partial charge in [-0.2, -0.15) is 8.42 Å². The molecule has 7 heteroatoms. The minimum atomic E-state index is -4.43. The average molecular weight is 400 g/mol. The van der Waals surface area contributed by atoms with Gasteiger partial charge in [-0.15, -0.1) is 5.75 Å². The number of hydrogen-bond acceptors (Lipinski definition) is 4. The van der Waals surface area contributed by atoms with E-state index in [-0.39, 0.29) is 51.7 Å². The topological polar surface area (TPSA) is 86.7 Å². The Morgan fingerprint density at radius 2 is 1.70 bits per heavy atom. The summed E-state index contributed by atoms with van der Waals surface area (Å²) in [5, 5.41) is 11.4. The number of hydrogen-bond donors (Lipinski definition) is 1. The van der Waals surface area contributed by atoms with Crippen LogP contribution >= 0.6 is 0 Å². The molecule has 0 saturated heterocycles. The normalized spacial score (nSPS) is 11.0. The zero-order valence-electron chi connectivity index (χ0n) is 16.0. The van der Waals surface area contributed by atoms with Crippen LogP contribution in [0.4, 0.5) is 0 Å². The Morgan fingerprint density at radius 3 is 2.37 bits per heavy atom. The van der Waals surface area contributed by atoms with Crippen molar-refractivity contribution in [1.29, 1.82) is 0 Å². The Labute approximate surface area is 183 Å². The van der Waals surface area contributed by atoms with Crippen LogP contribution in [0.5, 0.6) is 17.2 Å². The summed E-state index contributed by atoms with van der Waals surface area (Å²) in [6, 6.07) is 10.5. The zero-order valence-corrected chi connectivity index (χ0v) is 18.8. The molecule has 0 aromatic heterocycles. The van der Waals surface area contributed by atoms with Gasteiger partial charge in [0.1, 0.15) is 16.4 Å². The molecule has 0 aliphatic heterocycles. The second-order valence-corrected chi connectivity index (χ2v) is 7.74. The van der Waals surface area contributed by atoms with Gasteiger partial charge < -0.3 is 9.84 Å². The number of unbranched alkanes of at least 4 members (excludes halogenated alkanes) is 5. The van der Waals surface area contributed by atoms with Gasteiger partial charge in [0.2, 0.25) is 0 Å². The summed E-state index contributed by atoms with van der Waals surface area (Å²) in [6.07, 6.45) is 7.63. The fraction of sp³-hybridized carbons (Fsp3) is 0.400. The quantitative estimate of drug-likeness (QED) is 0.373. The molecule has 2 aromatic rings. The van der Waals surface area contributed by atoms with Gasteiger partial charge in [-0.1, -0.05) is 57.2 Å². The van der Waals surface area contributed by atoms with Gasteiger partial charge in [0.15, 0.2) is 0 Å². The number of aryl methyl sites for hydroxylation is 1. The summed E-state index contributed by atoms with van der Waals surface area (Å²) in [7, 11) is -4.43. The molecule has 1 N–H and O–H groups in total. The summed E-state index contributed by atoms with van der Waals surface area (Å²) in [6.45, 7) is 2.17. The van der Waals surface area contributed by atoms with E-state index in [2.05, 4.69) is 6.92 Å². The molecule has 0 bridgehead atoms. The van der Waals surface area contributed by atoms with Gasteiger partial charge >= 0.3 is 29.6 Å². The molecular weight excluding hydrogens is 375 g/mol. The predicted molar refractivity (Wildman–Crippen MR) is 99.3 cm³/mol. The van der Waals surface area contributed by atoms with E-state index < -0.39 is 10.1 Å². The van der Waals surface area contributed by atoms with Crippen molar-refractivity contribution in [1.82, 2.24) is 0 Å². The average Bonchev–Trinajstić information content (AvgIpc) is 2.58. The maximum absolute atomic E-state index is 11.7. The SMILES string of the molecule is CCCCCCCCc1ccc(Oc2cccc([O-])c2)c(S(=O)(=O)O)c1.[Na+]. The van der Waals surface area contributed by atoms with Gasteiger partial charge in [-0.05, 0) is 42.7 Å². The molecule has 0 unspecified atom stereocenters. The minimum Gasteiger partial charge on any atom is -0.872 e. The molecule has 0 saturated carbocycles. The third-order valence-electron chi connectivity index (χ3n) is 4.14. The first kappa shape index (κ1) is 24.0. The van der Waals surface area contributed by atoms with E-state index in [1.165, 1.54) is 56.0 Å². The van der Waals surface area contributed by atoms with Gasteiger partial charge in [-0.3, -0.25) is 4.55 Å². The molecule has 0 radical (unpaired) electrons. The molecule has 0 spiro atoms. The van der Waals surface area contributed by atoms with Crippen LogP contribution in [0.1, 0.15) is 51.0 Å². The number of rotatable bonds is 10. The largest absolute Gasteiger partial charge is 1.00 e. The third-order valence-corrected chi connectivity index (χ3v) is 5.01. The van der Waals surface area contributed by atoms with Crippen molar-refractivity contribution in [3.8, 4) is 17.2 Å². The molecule has 0 aliphatic carbocycles. The molecule has 0 heterocycles. The van der Waals surface area contributed by atoms with Gasteiger partial charge in [0.05, 0.1) is 0 Å². The van der Waals surface area contributed by atoms with Crippen LogP contribution in [0.15, 0.2) is 47.4 Å². The fourth-order valence-electron chi connectivity index (χ4n) is 2.77. The molecule has 0 fully saturated rings. The van der Waals surface area contributed by atoms with E-state index in [1.54, 1.807) is 12.1 Å². The Kier molecular flexibility index (Phi) is 10.4. The maximum Gasteiger partial charge on any atom is 1.00 e. The van der Waals surface area contributed by atoms with Gasteiger partial charge in [0.25, 0.3) is 10.1 Å². The Morgan fingerprint density at radius 1 is 1.00 bits per heavy atom. The van der Waals surface area contributed by atoms with Crippen LogP contribution < -0.4 is 39.4 Å². The molecule has 0 aliphatic rings. The van der Waals surface area contributed by atoms with Crippen molar-refractivity contribution in [2.45, 2.75) is 56.8 Å². The Bertz CT molecular complexity index is 821. The number of ether oxygens (including phenoxy) is 1. The summed E-state index contributed by atoms with van der Waals surface area (Å²) in [5.41, 5.74) is 0.832. The summed E-state index contributed by atoms with van der Waals surface area (Å²) in [4.78, 5) is -0.280. The van der Waals surface area contributed by atoms with Crippen molar-refractivity contribution >= 4 is 10.1 Å². The first-order valence-corrected chi connectivity index (χ1v) is 10.4. The van der Waals surface area contributed by atoms with E-state index in [0.29, 0.717) is 0 Å². The van der Waals surface area contributed by atoms with E-state index in [0.717, 1.165) is 24.8 Å². The molecular formula is C20H25NaO5S. The minimum absolute atomic E-state index is 0. The van der Waals surface area contributed by atoms with E-state index >= 15 is 0 Å². The summed E-state index contributed by atoms with van der Waals surface area (Å²) in [5.74, 6) is -0.00790. The molecule has 142 valence electrons. The predicted octanol–water partition coefficient (Wildman–Crippen LogP) is 1.71. The van der Waals surface area contributed by atoms with Gasteiger partial charge in [0, 0.05) is 0 Å². The monoisotopic (exact) mass is 400 g/mol. The van der Waals surface area contributed by atoms with E-state index in [4.69, 9.17) is 4.74 Å². The third kappa shape index (κ3) is 8.23. The van der Waals surface area contributed by atoms with Crippen LogP contribution in [0, 0.1) is 0 Å². The van der Waals surface area contributed by atoms with Crippen molar-refractivity contribution in [2.24, 2.45) is 0 Å². The second-order valence-electron chi connectivity index (χ2n) is 6.35. The van der Waals surface area contributed by atoms with Crippen LogP contribution in [-0.4, -0.2) is 13.0 Å². The fourth-order valence-corrected chi connectivity index (χ4v) is 3.43. The molecule has 0 amide bonds. The smallest absolute Gasteiger partial charge is 0.872 e. The first-order valence-electron chi connectivity index (χ1n) is 8.95. The molecule has 27 heavy (non-hydrogen) atoms. The summed E-state index contributed by atoms with van der Waals surface area (Å²) < 4.78 is 38.5. The standard InChI is InChI=1S/C20H26O5S.Na/c1-2-3-4-5-6-7-9-16-12-13-19(20(14-16)26(22,23)24)25-18-11-8-10-17(21)15-18;/h8,10-15,21H,2-7,9H2,1H3,(H,22,23,24);/q;+1/p-1. The van der Waals surface area contributed by atoms with Crippen LogP contribution in [-0.2, 0) is 16.5 Å². The second kappa shape index (κ2) is 11.7. The van der Waals surface area contributed by atoms with Crippen molar-refractivity contribution in [3.63, 3.8) is 0 Å². The van der Waals surface area contributed by atoms with Crippen molar-refractivity contribution in [3.05, 3.63) is 48.0 Å². The van der Waals surface area contributed by atoms with Gasteiger partial charge in [-0.25, -0.2) is 0 Å². The maximum atomic E-state index is 11.7. The molecule has 0 atom stereocenters. The number of benzene rings is 2. The van der Waals surface area contributed by atoms with E-state index in [9.17, 15) is 18.1 Å². The molecule has 2 aromatic carbocycles. The van der Waals surface area contributed by atoms with Crippen LogP contribution in [0.2, 0.25) is 0 Å². The van der Waals surface area contributed by atoms with Crippen molar-refractivity contribution < 1.29 is 52.4 Å². The first-order chi connectivity index (χ1) is 12.4. The van der Waals surface area contributed by atoms with Crippen molar-refractivity contribution in [2.75, 3.05) is 0 Å². The van der Waals surface area contributed by atoms with E-state index in [1.807, 2.05) is 0 Å². The van der Waals surface area contributed by atoms with Crippen LogP contribution in [0.25, 0.3) is 0 Å². The van der Waals surface area contributed by atoms with Crippen LogP contribution in [0.3, 0.4) is 0 Å². The summed E-state index contributed by atoms with van der Waals surface area (Å²) >= 11 is 0. The zero-order chi connectivity index (χ0) is 19.0.